The number of amides is 1. The molecule has 1 aromatic heterocycles. The summed E-state index contributed by atoms with van der Waals surface area (Å²) in [6, 6.07) is 3.87. The Morgan fingerprint density at radius 1 is 1.44 bits per heavy atom. The number of nitrogens with one attached hydrogen (secondary N) is 2. The summed E-state index contributed by atoms with van der Waals surface area (Å²) in [6.45, 7) is 1.40. The van der Waals surface area contributed by atoms with Crippen LogP contribution in [0, 0.1) is 0 Å². The van der Waals surface area contributed by atoms with E-state index in [1.165, 1.54) is 4.88 Å². The van der Waals surface area contributed by atoms with Crippen LogP contribution in [0.2, 0.25) is 4.34 Å². The largest absolute Gasteiger partial charge is 0.356 e. The molecule has 0 aliphatic carbocycles. The minimum atomic E-state index is 0. The normalized spacial score (nSPS) is 9.62. The highest BCUT2D eigenvalue weighted by molar-refractivity contribution is 7.16. The molecular formula is C10H16Cl2N2OS. The van der Waals surface area contributed by atoms with Crippen LogP contribution in [0.5, 0.6) is 0 Å². The molecule has 1 heterocycles. The Bertz CT molecular complexity index is 318. The maximum Gasteiger partial charge on any atom is 0.221 e. The van der Waals surface area contributed by atoms with Gasteiger partial charge in [-0.2, -0.15) is 0 Å². The van der Waals surface area contributed by atoms with Gasteiger partial charge in [0.05, 0.1) is 4.34 Å². The van der Waals surface area contributed by atoms with Crippen LogP contribution in [0.15, 0.2) is 12.1 Å². The number of halogens is 2. The molecule has 92 valence electrons. The van der Waals surface area contributed by atoms with Crippen molar-refractivity contribution in [1.82, 2.24) is 10.6 Å². The van der Waals surface area contributed by atoms with Crippen molar-refractivity contribution in [2.24, 2.45) is 0 Å². The Hall–Kier alpha value is -0.290. The van der Waals surface area contributed by atoms with Gasteiger partial charge in [0, 0.05) is 24.4 Å². The first-order valence-electron chi connectivity index (χ1n) is 4.88. The quantitative estimate of drug-likeness (QED) is 0.839. The molecule has 0 saturated heterocycles. The first kappa shape index (κ1) is 15.7. The molecule has 0 aliphatic heterocycles. The SMILES string of the molecule is CNCCC(=O)NCCc1ccc(Cl)s1.Cl. The lowest BCUT2D eigenvalue weighted by molar-refractivity contribution is -0.120. The average Bonchev–Trinajstić information content (AvgIpc) is 2.61. The van der Waals surface area contributed by atoms with Gasteiger partial charge in [-0.15, -0.1) is 23.7 Å². The van der Waals surface area contributed by atoms with E-state index in [9.17, 15) is 4.79 Å². The lowest BCUT2D eigenvalue weighted by Gasteiger charge is -2.03. The first-order chi connectivity index (χ1) is 7.22. The third-order valence-corrected chi connectivity index (χ3v) is 3.22. The minimum Gasteiger partial charge on any atom is -0.356 e. The third kappa shape index (κ3) is 6.33. The van der Waals surface area contributed by atoms with Crippen LogP contribution in [-0.4, -0.2) is 26.0 Å². The fourth-order valence-electron chi connectivity index (χ4n) is 1.14. The Balaban J connectivity index is 0.00000225. The molecule has 0 bridgehead atoms. The van der Waals surface area contributed by atoms with E-state index in [0.717, 1.165) is 17.3 Å². The van der Waals surface area contributed by atoms with Crippen molar-refractivity contribution >= 4 is 41.3 Å². The monoisotopic (exact) mass is 282 g/mol. The van der Waals surface area contributed by atoms with E-state index in [0.29, 0.717) is 13.0 Å². The summed E-state index contributed by atoms with van der Waals surface area (Å²) in [5, 5.41) is 5.79. The van der Waals surface area contributed by atoms with Crippen molar-refractivity contribution < 1.29 is 4.79 Å². The Morgan fingerprint density at radius 2 is 2.19 bits per heavy atom. The van der Waals surface area contributed by atoms with Crippen LogP contribution < -0.4 is 10.6 Å². The van der Waals surface area contributed by atoms with Crippen LogP contribution in [0.3, 0.4) is 0 Å². The molecule has 2 N–H and O–H groups in total. The van der Waals surface area contributed by atoms with E-state index in [4.69, 9.17) is 11.6 Å². The van der Waals surface area contributed by atoms with Crippen molar-refractivity contribution in [3.63, 3.8) is 0 Å². The van der Waals surface area contributed by atoms with Crippen LogP contribution in [0.4, 0.5) is 0 Å². The van der Waals surface area contributed by atoms with Gasteiger partial charge in [-0.05, 0) is 25.6 Å². The summed E-state index contributed by atoms with van der Waals surface area (Å²) in [4.78, 5) is 12.4. The molecule has 1 amide bonds. The highest BCUT2D eigenvalue weighted by Gasteiger charge is 2.01. The summed E-state index contributed by atoms with van der Waals surface area (Å²) >= 11 is 7.35. The van der Waals surface area contributed by atoms with Crippen LogP contribution in [-0.2, 0) is 11.2 Å². The molecule has 16 heavy (non-hydrogen) atoms. The van der Waals surface area contributed by atoms with Crippen molar-refractivity contribution in [2.45, 2.75) is 12.8 Å². The molecule has 0 saturated carbocycles. The van der Waals surface area contributed by atoms with Crippen molar-refractivity contribution in [3.8, 4) is 0 Å². The van der Waals surface area contributed by atoms with E-state index in [2.05, 4.69) is 10.6 Å². The van der Waals surface area contributed by atoms with Crippen molar-refractivity contribution in [1.29, 1.82) is 0 Å². The maximum absolute atomic E-state index is 11.2. The molecule has 0 unspecified atom stereocenters. The van der Waals surface area contributed by atoms with Gasteiger partial charge in [-0.25, -0.2) is 0 Å². The summed E-state index contributed by atoms with van der Waals surface area (Å²) < 4.78 is 0.798. The van der Waals surface area contributed by atoms with Crippen molar-refractivity contribution in [2.75, 3.05) is 20.1 Å². The second-order valence-electron chi connectivity index (χ2n) is 3.16. The topological polar surface area (TPSA) is 41.1 Å². The maximum atomic E-state index is 11.2. The number of carbonyl (C=O) groups is 1. The second kappa shape index (κ2) is 8.82. The van der Waals surface area contributed by atoms with E-state index in [1.54, 1.807) is 11.3 Å². The van der Waals surface area contributed by atoms with Crippen LogP contribution >= 0.6 is 35.3 Å². The molecule has 0 spiro atoms. The number of hydrogen-bond donors (Lipinski definition) is 2. The third-order valence-electron chi connectivity index (χ3n) is 1.92. The fourth-order valence-corrected chi connectivity index (χ4v) is 2.23. The number of thiophene rings is 1. The molecule has 0 aliphatic rings. The Labute approximate surface area is 111 Å². The van der Waals surface area contributed by atoms with Gasteiger partial charge in [0.25, 0.3) is 0 Å². The van der Waals surface area contributed by atoms with E-state index < -0.39 is 0 Å². The molecular weight excluding hydrogens is 267 g/mol. The van der Waals surface area contributed by atoms with Gasteiger partial charge in [0.1, 0.15) is 0 Å². The van der Waals surface area contributed by atoms with Crippen LogP contribution in [0.1, 0.15) is 11.3 Å². The Kier molecular flexibility index (Phi) is 8.66. The number of rotatable bonds is 6. The molecule has 1 aromatic rings. The number of hydrogen-bond acceptors (Lipinski definition) is 3. The molecule has 0 aromatic carbocycles. The van der Waals surface area contributed by atoms with Gasteiger partial charge < -0.3 is 10.6 Å². The predicted octanol–water partition coefficient (Wildman–Crippen LogP) is 2.09. The van der Waals surface area contributed by atoms with Gasteiger partial charge >= 0.3 is 0 Å². The first-order valence-corrected chi connectivity index (χ1v) is 6.07. The van der Waals surface area contributed by atoms with E-state index >= 15 is 0 Å². The van der Waals surface area contributed by atoms with Gasteiger partial charge in [0.15, 0.2) is 0 Å². The molecule has 0 radical (unpaired) electrons. The Morgan fingerprint density at radius 3 is 2.75 bits per heavy atom. The summed E-state index contributed by atoms with van der Waals surface area (Å²) in [7, 11) is 1.83. The van der Waals surface area contributed by atoms with Gasteiger partial charge in [-0.1, -0.05) is 11.6 Å². The highest BCUT2D eigenvalue weighted by atomic mass is 35.5. The molecule has 0 atom stereocenters. The summed E-state index contributed by atoms with van der Waals surface area (Å²) in [5.41, 5.74) is 0. The molecule has 6 heteroatoms. The predicted molar refractivity (Wildman–Crippen MR) is 71.8 cm³/mol. The highest BCUT2D eigenvalue weighted by Crippen LogP contribution is 2.21. The second-order valence-corrected chi connectivity index (χ2v) is 4.96. The van der Waals surface area contributed by atoms with E-state index in [-0.39, 0.29) is 18.3 Å². The smallest absolute Gasteiger partial charge is 0.221 e. The van der Waals surface area contributed by atoms with E-state index in [1.807, 2.05) is 19.2 Å². The zero-order valence-electron chi connectivity index (χ0n) is 9.09. The molecule has 0 fully saturated rings. The summed E-state index contributed by atoms with van der Waals surface area (Å²) in [6.07, 6.45) is 1.38. The molecule has 1 rings (SSSR count). The lowest BCUT2D eigenvalue weighted by atomic mass is 10.3. The van der Waals surface area contributed by atoms with Crippen molar-refractivity contribution in [3.05, 3.63) is 21.3 Å². The average molecular weight is 283 g/mol. The number of carbonyl (C=O) groups excluding carboxylic acids is 1. The zero-order chi connectivity index (χ0) is 11.1. The van der Waals surface area contributed by atoms with Crippen LogP contribution in [0.25, 0.3) is 0 Å². The van der Waals surface area contributed by atoms with Gasteiger partial charge in [0.2, 0.25) is 5.91 Å². The lowest BCUT2D eigenvalue weighted by Crippen LogP contribution is -2.28. The zero-order valence-corrected chi connectivity index (χ0v) is 11.5. The minimum absolute atomic E-state index is 0. The van der Waals surface area contributed by atoms with Gasteiger partial charge in [-0.3, -0.25) is 4.79 Å². The summed E-state index contributed by atoms with van der Waals surface area (Å²) in [5.74, 6) is 0.0898. The standard InChI is InChI=1S/C10H15ClN2OS.ClH/c1-12-6-5-10(14)13-7-4-8-2-3-9(11)15-8;/h2-3,12H,4-7H2,1H3,(H,13,14);1H. The molecule has 3 nitrogen and oxygen atoms in total. The fraction of sp³-hybridized carbons (Fsp3) is 0.500.